The minimum atomic E-state index is -3.60. The van der Waals surface area contributed by atoms with Crippen LogP contribution in [0.2, 0.25) is 0 Å². The molecular weight excluding hydrogens is 274 g/mol. The summed E-state index contributed by atoms with van der Waals surface area (Å²) in [5, 5.41) is 9.17. The Morgan fingerprint density at radius 2 is 2.11 bits per heavy atom. The van der Waals surface area contributed by atoms with Crippen LogP contribution in [0.1, 0.15) is 12.8 Å². The fourth-order valence-corrected chi connectivity index (χ4v) is 3.99. The zero-order valence-electron chi connectivity index (χ0n) is 9.28. The number of rotatable bonds is 3. The first-order valence-electron chi connectivity index (χ1n) is 5.48. The molecular formula is C10H11N3O3S2. The van der Waals surface area contributed by atoms with Crippen molar-refractivity contribution < 1.29 is 13.5 Å². The predicted octanol–water partition coefficient (Wildman–Crippen LogP) is 0.493. The molecule has 1 aliphatic rings. The molecule has 1 aromatic carbocycles. The fourth-order valence-electron chi connectivity index (χ4n) is 1.97. The first-order chi connectivity index (χ1) is 8.56. The van der Waals surface area contributed by atoms with E-state index in [2.05, 4.69) is 13.5 Å². The number of nitrogens with zero attached hydrogens (tertiary/aromatic N) is 2. The van der Waals surface area contributed by atoms with Crippen molar-refractivity contribution in [1.29, 1.82) is 0 Å². The van der Waals surface area contributed by atoms with Crippen LogP contribution in [0.15, 0.2) is 23.1 Å². The summed E-state index contributed by atoms with van der Waals surface area (Å²) in [4.78, 5) is 0.148. The van der Waals surface area contributed by atoms with Crippen LogP contribution >= 0.6 is 11.7 Å². The van der Waals surface area contributed by atoms with Gasteiger partial charge in [0.2, 0.25) is 10.0 Å². The average molecular weight is 285 g/mol. The number of nitrogens with one attached hydrogen (secondary N) is 1. The van der Waals surface area contributed by atoms with Gasteiger partial charge >= 0.3 is 0 Å². The first-order valence-corrected chi connectivity index (χ1v) is 7.69. The summed E-state index contributed by atoms with van der Waals surface area (Å²) in [6, 6.07) is 4.70. The lowest BCUT2D eigenvalue weighted by molar-refractivity contribution is 0.0712. The predicted molar refractivity (Wildman–Crippen MR) is 66.8 cm³/mol. The van der Waals surface area contributed by atoms with Gasteiger partial charge in [0.15, 0.2) is 0 Å². The second kappa shape index (κ2) is 4.23. The van der Waals surface area contributed by atoms with Gasteiger partial charge in [-0.2, -0.15) is 8.75 Å². The molecule has 0 saturated heterocycles. The highest BCUT2D eigenvalue weighted by Crippen LogP contribution is 2.25. The quantitative estimate of drug-likeness (QED) is 0.856. The number of hydrogen-bond acceptors (Lipinski definition) is 6. The maximum absolute atomic E-state index is 12.2. The van der Waals surface area contributed by atoms with Crippen LogP contribution in [0.5, 0.6) is 0 Å². The largest absolute Gasteiger partial charge is 0.393 e. The Labute approximate surface area is 108 Å². The maximum Gasteiger partial charge on any atom is 0.243 e. The number of sulfonamides is 1. The molecule has 1 heterocycles. The molecule has 8 heteroatoms. The molecule has 0 spiro atoms. The van der Waals surface area contributed by atoms with E-state index in [0.717, 1.165) is 11.7 Å². The van der Waals surface area contributed by atoms with Gasteiger partial charge in [-0.05, 0) is 25.0 Å². The van der Waals surface area contributed by atoms with Crippen LogP contribution in [0.4, 0.5) is 0 Å². The van der Waals surface area contributed by atoms with Crippen molar-refractivity contribution in [3.05, 3.63) is 18.2 Å². The number of fused-ring (bicyclic) bond motifs is 1. The van der Waals surface area contributed by atoms with Gasteiger partial charge in [0, 0.05) is 6.04 Å². The van der Waals surface area contributed by atoms with Crippen molar-refractivity contribution in [2.24, 2.45) is 0 Å². The molecule has 2 aromatic rings. The van der Waals surface area contributed by atoms with Crippen LogP contribution in [0, 0.1) is 0 Å². The Morgan fingerprint density at radius 1 is 1.33 bits per heavy atom. The summed E-state index contributed by atoms with van der Waals surface area (Å²) in [5.41, 5.74) is 0.978. The smallest absolute Gasteiger partial charge is 0.243 e. The van der Waals surface area contributed by atoms with Gasteiger partial charge in [0.1, 0.15) is 15.9 Å². The highest BCUT2D eigenvalue weighted by Gasteiger charge is 2.32. The molecule has 96 valence electrons. The van der Waals surface area contributed by atoms with Crippen LogP contribution in [-0.2, 0) is 10.0 Å². The Hall–Kier alpha value is -1.09. The van der Waals surface area contributed by atoms with Crippen LogP contribution in [0.3, 0.4) is 0 Å². The lowest BCUT2D eigenvalue weighted by Gasteiger charge is -2.31. The fraction of sp³-hybridized carbons (Fsp3) is 0.400. The number of benzene rings is 1. The second-order valence-electron chi connectivity index (χ2n) is 4.33. The van der Waals surface area contributed by atoms with Crippen LogP contribution < -0.4 is 4.72 Å². The maximum atomic E-state index is 12.2. The number of aliphatic hydroxyl groups is 1. The minimum Gasteiger partial charge on any atom is -0.393 e. The molecule has 18 heavy (non-hydrogen) atoms. The van der Waals surface area contributed by atoms with Gasteiger partial charge in [-0.15, -0.1) is 0 Å². The van der Waals surface area contributed by atoms with E-state index < -0.39 is 16.1 Å². The monoisotopic (exact) mass is 285 g/mol. The van der Waals surface area contributed by atoms with Crippen molar-refractivity contribution in [3.63, 3.8) is 0 Å². The summed E-state index contributed by atoms with van der Waals surface area (Å²) in [7, 11) is -3.60. The molecule has 0 amide bonds. The molecule has 0 bridgehead atoms. The van der Waals surface area contributed by atoms with Crippen molar-refractivity contribution >= 4 is 32.8 Å². The van der Waals surface area contributed by atoms with Gasteiger partial charge < -0.3 is 5.11 Å². The summed E-state index contributed by atoms with van der Waals surface area (Å²) in [6.45, 7) is 0. The van der Waals surface area contributed by atoms with E-state index in [1.807, 2.05) is 0 Å². The van der Waals surface area contributed by atoms with Gasteiger partial charge in [-0.25, -0.2) is 13.1 Å². The molecule has 1 aliphatic carbocycles. The van der Waals surface area contributed by atoms with Gasteiger partial charge in [0.25, 0.3) is 0 Å². The van der Waals surface area contributed by atoms with E-state index in [4.69, 9.17) is 5.11 Å². The number of aromatic nitrogens is 2. The Morgan fingerprint density at radius 3 is 2.83 bits per heavy atom. The molecule has 1 aromatic heterocycles. The molecule has 6 nitrogen and oxygen atoms in total. The number of aliphatic hydroxyl groups excluding tert-OH is 1. The third kappa shape index (κ3) is 2.01. The van der Waals surface area contributed by atoms with Crippen molar-refractivity contribution in [1.82, 2.24) is 13.5 Å². The van der Waals surface area contributed by atoms with Gasteiger partial charge in [-0.1, -0.05) is 6.07 Å². The number of hydrogen-bond donors (Lipinski definition) is 2. The molecule has 1 fully saturated rings. The van der Waals surface area contributed by atoms with E-state index in [-0.39, 0.29) is 10.9 Å². The standard InChI is InChI=1S/C10H11N3O3S2/c14-7-4-6(5-7)13-18(15,16)9-3-1-2-8-10(9)12-17-11-8/h1-3,6-7,13-14H,4-5H2. The van der Waals surface area contributed by atoms with E-state index in [9.17, 15) is 8.42 Å². The zero-order valence-corrected chi connectivity index (χ0v) is 10.9. The molecule has 2 N–H and O–H groups in total. The SMILES string of the molecule is O=S(=O)(NC1CC(O)C1)c1cccc2nsnc12. The van der Waals surface area contributed by atoms with Crippen LogP contribution in [0.25, 0.3) is 11.0 Å². The lowest BCUT2D eigenvalue weighted by atomic mass is 9.91. The van der Waals surface area contributed by atoms with E-state index in [0.29, 0.717) is 23.9 Å². The topological polar surface area (TPSA) is 92.2 Å². The highest BCUT2D eigenvalue weighted by atomic mass is 32.2. The minimum absolute atomic E-state index is 0.148. The lowest BCUT2D eigenvalue weighted by Crippen LogP contribution is -2.46. The second-order valence-corrected chi connectivity index (χ2v) is 6.54. The van der Waals surface area contributed by atoms with Crippen LogP contribution in [-0.4, -0.2) is 34.4 Å². The summed E-state index contributed by atoms with van der Waals surface area (Å²) < 4.78 is 35.0. The molecule has 3 rings (SSSR count). The molecule has 1 saturated carbocycles. The van der Waals surface area contributed by atoms with E-state index in [1.165, 1.54) is 6.07 Å². The zero-order chi connectivity index (χ0) is 12.8. The third-order valence-corrected chi connectivity index (χ3v) is 5.07. The first kappa shape index (κ1) is 12.0. The summed E-state index contributed by atoms with van der Waals surface area (Å²) >= 11 is 0.990. The highest BCUT2D eigenvalue weighted by molar-refractivity contribution is 7.89. The van der Waals surface area contributed by atoms with Gasteiger partial charge in [-0.3, -0.25) is 0 Å². The normalized spacial score (nSPS) is 24.1. The molecule has 0 aliphatic heterocycles. The van der Waals surface area contributed by atoms with Gasteiger partial charge in [0.05, 0.1) is 17.8 Å². The summed E-state index contributed by atoms with van der Waals surface area (Å²) in [6.07, 6.45) is 0.532. The molecule has 0 radical (unpaired) electrons. The Bertz CT molecular complexity index is 676. The molecule has 0 unspecified atom stereocenters. The third-order valence-electron chi connectivity index (χ3n) is 2.97. The Balaban J connectivity index is 1.95. The molecule has 0 atom stereocenters. The van der Waals surface area contributed by atoms with E-state index in [1.54, 1.807) is 12.1 Å². The summed E-state index contributed by atoms with van der Waals surface area (Å²) in [5.74, 6) is 0. The van der Waals surface area contributed by atoms with Crippen molar-refractivity contribution in [2.45, 2.75) is 29.9 Å². The van der Waals surface area contributed by atoms with Crippen molar-refractivity contribution in [3.8, 4) is 0 Å². The Kier molecular flexibility index (Phi) is 2.81. The van der Waals surface area contributed by atoms with E-state index >= 15 is 0 Å². The average Bonchev–Trinajstić information content (AvgIpc) is 2.73. The van der Waals surface area contributed by atoms with Crippen molar-refractivity contribution in [2.75, 3.05) is 0 Å².